The monoisotopic (exact) mass is 420 g/mol. The quantitative estimate of drug-likeness (QED) is 0.275. The molecule has 0 N–H and O–H groups in total. The summed E-state index contributed by atoms with van der Waals surface area (Å²) in [6, 6.07) is 10.2. The van der Waals surface area contributed by atoms with Gasteiger partial charge in [-0.15, -0.1) is 0 Å². The Morgan fingerprint density at radius 2 is 1.76 bits per heavy atom. The van der Waals surface area contributed by atoms with Crippen molar-refractivity contribution < 1.29 is 18.7 Å². The van der Waals surface area contributed by atoms with E-state index < -0.39 is 13.7 Å². The average molecular weight is 421 g/mol. The Bertz CT molecular complexity index is 628. The molecular formula is C24H40O4Si. The van der Waals surface area contributed by atoms with E-state index in [2.05, 4.69) is 46.0 Å². The fraction of sp³-hybridized carbons (Fsp3) is 0.708. The lowest BCUT2D eigenvalue weighted by Gasteiger charge is -2.43. The highest BCUT2D eigenvalue weighted by atomic mass is 28.4. The topological polar surface area (TPSA) is 44.8 Å². The third kappa shape index (κ3) is 6.66. The summed E-state index contributed by atoms with van der Waals surface area (Å²) < 4.78 is 18.0. The lowest BCUT2D eigenvalue weighted by molar-refractivity contribution is -0.160. The van der Waals surface area contributed by atoms with Crippen molar-refractivity contribution in [2.24, 2.45) is 5.41 Å². The first kappa shape index (κ1) is 24.1. The predicted molar refractivity (Wildman–Crippen MR) is 120 cm³/mol. The van der Waals surface area contributed by atoms with Crippen LogP contribution in [0.3, 0.4) is 0 Å². The van der Waals surface area contributed by atoms with Gasteiger partial charge >= 0.3 is 5.97 Å². The highest BCUT2D eigenvalue weighted by molar-refractivity contribution is 6.74. The van der Waals surface area contributed by atoms with E-state index in [0.29, 0.717) is 26.2 Å². The summed E-state index contributed by atoms with van der Waals surface area (Å²) in [5.74, 6) is -0.0610. The van der Waals surface area contributed by atoms with Crippen molar-refractivity contribution in [1.82, 2.24) is 0 Å². The molecule has 1 saturated carbocycles. The van der Waals surface area contributed by atoms with E-state index in [1.165, 1.54) is 0 Å². The summed E-state index contributed by atoms with van der Waals surface area (Å²) in [6.07, 6.45) is 4.45. The Balaban J connectivity index is 1.92. The van der Waals surface area contributed by atoms with Gasteiger partial charge in [0.15, 0.2) is 8.32 Å². The van der Waals surface area contributed by atoms with Crippen molar-refractivity contribution in [2.75, 3.05) is 13.2 Å². The summed E-state index contributed by atoms with van der Waals surface area (Å²) in [5.41, 5.74) is 0.726. The number of esters is 1. The summed E-state index contributed by atoms with van der Waals surface area (Å²) in [5, 5.41) is 0.202. The molecule has 0 radical (unpaired) electrons. The highest BCUT2D eigenvalue weighted by Gasteiger charge is 2.45. The third-order valence-corrected chi connectivity index (χ3v) is 11.2. The largest absolute Gasteiger partial charge is 0.466 e. The van der Waals surface area contributed by atoms with Crippen LogP contribution in [0.5, 0.6) is 0 Å². The number of carbonyl (C=O) groups is 1. The number of hydrogen-bond donors (Lipinski definition) is 0. The van der Waals surface area contributed by atoms with Crippen LogP contribution in [0, 0.1) is 5.41 Å². The number of rotatable bonds is 9. The molecule has 1 fully saturated rings. The highest BCUT2D eigenvalue weighted by Crippen LogP contribution is 2.44. The molecule has 0 aromatic heterocycles. The van der Waals surface area contributed by atoms with Gasteiger partial charge in [0.1, 0.15) is 0 Å². The Kier molecular flexibility index (Phi) is 8.50. The summed E-state index contributed by atoms with van der Waals surface area (Å²) >= 11 is 0. The molecule has 4 nitrogen and oxygen atoms in total. The molecule has 0 aliphatic heterocycles. The normalized spacial score (nSPS) is 23.0. The van der Waals surface area contributed by atoms with Crippen molar-refractivity contribution in [3.05, 3.63) is 35.9 Å². The van der Waals surface area contributed by atoms with Gasteiger partial charge in [0, 0.05) is 12.7 Å². The zero-order valence-electron chi connectivity index (χ0n) is 19.3. The molecule has 0 atom stereocenters. The van der Waals surface area contributed by atoms with Crippen LogP contribution in [0.15, 0.2) is 30.3 Å². The molecule has 0 heterocycles. The maximum Gasteiger partial charge on any atom is 0.312 e. The summed E-state index contributed by atoms with van der Waals surface area (Å²) in [7, 11) is -1.79. The molecule has 0 saturated heterocycles. The van der Waals surface area contributed by atoms with Crippen LogP contribution in [0.4, 0.5) is 0 Å². The molecule has 2 rings (SSSR count). The van der Waals surface area contributed by atoms with E-state index in [4.69, 9.17) is 13.9 Å². The first-order valence-electron chi connectivity index (χ1n) is 11.1. The fourth-order valence-electron chi connectivity index (χ4n) is 3.73. The molecule has 29 heavy (non-hydrogen) atoms. The Labute approximate surface area is 178 Å². The van der Waals surface area contributed by atoms with Crippen LogP contribution in [0.25, 0.3) is 0 Å². The Morgan fingerprint density at radius 3 is 2.31 bits per heavy atom. The van der Waals surface area contributed by atoms with Crippen molar-refractivity contribution in [2.45, 2.75) is 90.6 Å². The number of hydrogen-bond acceptors (Lipinski definition) is 4. The minimum Gasteiger partial charge on any atom is -0.466 e. The van der Waals surface area contributed by atoms with E-state index in [1.54, 1.807) is 0 Å². The fourth-order valence-corrected chi connectivity index (χ4v) is 5.15. The second kappa shape index (κ2) is 10.2. The van der Waals surface area contributed by atoms with Gasteiger partial charge in [0.2, 0.25) is 0 Å². The van der Waals surface area contributed by atoms with Gasteiger partial charge in [-0.1, -0.05) is 51.1 Å². The first-order chi connectivity index (χ1) is 13.6. The molecule has 164 valence electrons. The van der Waals surface area contributed by atoms with Crippen LogP contribution in [-0.2, 0) is 25.3 Å². The number of carbonyl (C=O) groups excluding carboxylic acids is 1. The van der Waals surface area contributed by atoms with E-state index in [0.717, 1.165) is 31.2 Å². The Hall–Kier alpha value is -1.17. The molecular weight excluding hydrogens is 380 g/mol. The van der Waals surface area contributed by atoms with Crippen LogP contribution in [-0.4, -0.2) is 33.6 Å². The van der Waals surface area contributed by atoms with Crippen molar-refractivity contribution >= 4 is 14.3 Å². The third-order valence-electron chi connectivity index (χ3n) is 6.70. The second-order valence-electron chi connectivity index (χ2n) is 9.87. The van der Waals surface area contributed by atoms with Crippen LogP contribution >= 0.6 is 0 Å². The van der Waals surface area contributed by atoms with Crippen LogP contribution < -0.4 is 0 Å². The molecule has 0 amide bonds. The van der Waals surface area contributed by atoms with E-state index >= 15 is 0 Å². The Morgan fingerprint density at radius 1 is 1.14 bits per heavy atom. The molecule has 0 bridgehead atoms. The molecule has 1 aliphatic carbocycles. The molecule has 5 heteroatoms. The number of ether oxygens (including phenoxy) is 2. The molecule has 0 unspecified atom stereocenters. The lowest BCUT2D eigenvalue weighted by atomic mass is 9.71. The molecule has 0 spiro atoms. The van der Waals surface area contributed by atoms with Gasteiger partial charge in [-0.3, -0.25) is 4.79 Å². The average Bonchev–Trinajstić information content (AvgIpc) is 2.66. The number of benzene rings is 1. The maximum atomic E-state index is 12.8. The molecule has 1 aromatic rings. The molecule has 1 aliphatic rings. The van der Waals surface area contributed by atoms with Crippen molar-refractivity contribution in [3.63, 3.8) is 0 Å². The van der Waals surface area contributed by atoms with Crippen LogP contribution in [0.2, 0.25) is 18.1 Å². The maximum absolute atomic E-state index is 12.8. The SMILES string of the molecule is CCOC(=O)C1(CCOCc2ccccc2)CCC(O[Si](C)(C)C(C)(C)C)CC1. The van der Waals surface area contributed by atoms with E-state index in [1.807, 2.05) is 25.1 Å². The van der Waals surface area contributed by atoms with Gasteiger partial charge in [-0.25, -0.2) is 0 Å². The molecule has 1 aromatic carbocycles. The van der Waals surface area contributed by atoms with E-state index in [-0.39, 0.29) is 17.1 Å². The minimum absolute atomic E-state index is 0.0610. The summed E-state index contributed by atoms with van der Waals surface area (Å²) in [6.45, 7) is 14.9. The minimum atomic E-state index is -1.79. The van der Waals surface area contributed by atoms with Gasteiger partial charge < -0.3 is 13.9 Å². The predicted octanol–water partition coefficient (Wildman–Crippen LogP) is 6.11. The van der Waals surface area contributed by atoms with Gasteiger partial charge in [0.05, 0.1) is 18.6 Å². The zero-order valence-corrected chi connectivity index (χ0v) is 20.3. The van der Waals surface area contributed by atoms with Crippen molar-refractivity contribution in [1.29, 1.82) is 0 Å². The van der Waals surface area contributed by atoms with Gasteiger partial charge in [0.25, 0.3) is 0 Å². The second-order valence-corrected chi connectivity index (χ2v) is 14.6. The van der Waals surface area contributed by atoms with Gasteiger partial charge in [-0.05, 0) is 62.7 Å². The summed E-state index contributed by atoms with van der Waals surface area (Å²) in [4.78, 5) is 12.8. The lowest BCUT2D eigenvalue weighted by Crippen LogP contribution is -2.47. The van der Waals surface area contributed by atoms with Gasteiger partial charge in [-0.2, -0.15) is 0 Å². The van der Waals surface area contributed by atoms with Crippen LogP contribution in [0.1, 0.15) is 65.4 Å². The first-order valence-corrected chi connectivity index (χ1v) is 14.0. The smallest absolute Gasteiger partial charge is 0.312 e. The van der Waals surface area contributed by atoms with Crippen molar-refractivity contribution in [3.8, 4) is 0 Å². The standard InChI is InChI=1S/C24H40O4Si/c1-7-27-22(25)24(17-18-26-19-20-11-9-8-10-12-20)15-13-21(14-16-24)28-29(5,6)23(2,3)4/h8-12,21H,7,13-19H2,1-6H3. The zero-order chi connectivity index (χ0) is 21.5. The van der Waals surface area contributed by atoms with E-state index in [9.17, 15) is 4.79 Å².